The second-order valence-electron chi connectivity index (χ2n) is 3.29. The first kappa shape index (κ1) is 11.2. The highest BCUT2D eigenvalue weighted by Gasteiger charge is 2.09. The monoisotopic (exact) mass is 283 g/mol. The highest BCUT2D eigenvalue weighted by molar-refractivity contribution is 9.08. The minimum atomic E-state index is -0.362. The summed E-state index contributed by atoms with van der Waals surface area (Å²) in [4.78, 5) is 3.80. The molecule has 0 saturated heterocycles. The zero-order valence-corrected chi connectivity index (χ0v) is 9.84. The molecule has 0 aliphatic carbocycles. The van der Waals surface area contributed by atoms with Crippen molar-refractivity contribution in [3.63, 3.8) is 0 Å². The molecule has 82 valence electrons. The number of alkyl halides is 1. The standard InChI is InChI=1S/C12H8BrF2N/c13-5-10-11(6-16-7-12(10)15)8-1-3-9(14)4-2-8/h1-4,6-7H,5H2. The Morgan fingerprint density at radius 3 is 2.38 bits per heavy atom. The van der Waals surface area contributed by atoms with Crippen LogP contribution in [0.25, 0.3) is 11.1 Å². The summed E-state index contributed by atoms with van der Waals surface area (Å²) in [5.74, 6) is -0.674. The summed E-state index contributed by atoms with van der Waals surface area (Å²) < 4.78 is 26.2. The molecule has 1 heterocycles. The van der Waals surface area contributed by atoms with Gasteiger partial charge in [-0.3, -0.25) is 4.98 Å². The molecule has 0 radical (unpaired) electrons. The van der Waals surface area contributed by atoms with Crippen LogP contribution in [0.1, 0.15) is 5.56 Å². The van der Waals surface area contributed by atoms with Crippen LogP contribution >= 0.6 is 15.9 Å². The molecule has 0 unspecified atom stereocenters. The largest absolute Gasteiger partial charge is 0.261 e. The summed E-state index contributed by atoms with van der Waals surface area (Å²) in [5, 5.41) is 0.397. The number of rotatable bonds is 2. The van der Waals surface area contributed by atoms with Gasteiger partial charge in [0.15, 0.2) is 0 Å². The van der Waals surface area contributed by atoms with E-state index in [1.54, 1.807) is 18.3 Å². The Bertz CT molecular complexity index is 497. The molecular formula is C12H8BrF2N. The number of pyridine rings is 1. The van der Waals surface area contributed by atoms with E-state index in [2.05, 4.69) is 20.9 Å². The molecule has 0 saturated carbocycles. The third-order valence-electron chi connectivity index (χ3n) is 2.29. The molecule has 0 spiro atoms. The zero-order chi connectivity index (χ0) is 11.5. The first-order valence-electron chi connectivity index (χ1n) is 4.66. The predicted molar refractivity (Wildman–Crippen MR) is 62.2 cm³/mol. The molecule has 0 atom stereocenters. The summed E-state index contributed by atoms with van der Waals surface area (Å²) in [6, 6.07) is 5.91. The summed E-state index contributed by atoms with van der Waals surface area (Å²) in [7, 11) is 0. The predicted octanol–water partition coefficient (Wildman–Crippen LogP) is 3.92. The minimum Gasteiger partial charge on any atom is -0.261 e. The van der Waals surface area contributed by atoms with E-state index in [9.17, 15) is 8.78 Å². The maximum atomic E-state index is 13.4. The molecule has 1 aromatic heterocycles. The van der Waals surface area contributed by atoms with Gasteiger partial charge in [0.05, 0.1) is 6.20 Å². The van der Waals surface area contributed by atoms with Gasteiger partial charge in [-0.2, -0.15) is 0 Å². The maximum Gasteiger partial charge on any atom is 0.146 e. The topological polar surface area (TPSA) is 12.9 Å². The van der Waals surface area contributed by atoms with Crippen LogP contribution in [0.3, 0.4) is 0 Å². The smallest absolute Gasteiger partial charge is 0.146 e. The number of halogens is 3. The van der Waals surface area contributed by atoms with Crippen molar-refractivity contribution in [2.75, 3.05) is 0 Å². The summed E-state index contributed by atoms with van der Waals surface area (Å²) in [6.45, 7) is 0. The van der Waals surface area contributed by atoms with E-state index in [4.69, 9.17) is 0 Å². The lowest BCUT2D eigenvalue weighted by atomic mass is 10.0. The van der Waals surface area contributed by atoms with Gasteiger partial charge in [0.2, 0.25) is 0 Å². The molecule has 0 fully saturated rings. The van der Waals surface area contributed by atoms with Crippen LogP contribution in [-0.4, -0.2) is 4.98 Å². The first-order chi connectivity index (χ1) is 7.72. The SMILES string of the molecule is Fc1ccc(-c2cncc(F)c2CBr)cc1. The molecule has 0 amide bonds. The molecule has 1 aromatic carbocycles. The molecule has 4 heteroatoms. The zero-order valence-electron chi connectivity index (χ0n) is 8.25. The van der Waals surface area contributed by atoms with Crippen LogP contribution in [0.4, 0.5) is 8.78 Å². The third-order valence-corrected chi connectivity index (χ3v) is 2.85. The van der Waals surface area contributed by atoms with Crippen LogP contribution in [0.2, 0.25) is 0 Å². The average Bonchev–Trinajstić information content (AvgIpc) is 2.30. The van der Waals surface area contributed by atoms with E-state index < -0.39 is 0 Å². The second-order valence-corrected chi connectivity index (χ2v) is 3.85. The fraction of sp³-hybridized carbons (Fsp3) is 0.0833. The lowest BCUT2D eigenvalue weighted by Gasteiger charge is -2.07. The number of hydrogen-bond acceptors (Lipinski definition) is 1. The second kappa shape index (κ2) is 4.70. The Kier molecular flexibility index (Phi) is 3.29. The molecule has 2 rings (SSSR count). The fourth-order valence-corrected chi connectivity index (χ4v) is 2.05. The first-order valence-corrected chi connectivity index (χ1v) is 5.79. The van der Waals surface area contributed by atoms with Crippen molar-refractivity contribution in [2.24, 2.45) is 0 Å². The van der Waals surface area contributed by atoms with E-state index in [0.29, 0.717) is 16.5 Å². The van der Waals surface area contributed by atoms with E-state index in [0.717, 1.165) is 5.56 Å². The number of aromatic nitrogens is 1. The van der Waals surface area contributed by atoms with Crippen molar-refractivity contribution in [2.45, 2.75) is 5.33 Å². The van der Waals surface area contributed by atoms with Gasteiger partial charge in [-0.1, -0.05) is 28.1 Å². The highest BCUT2D eigenvalue weighted by atomic mass is 79.9. The van der Waals surface area contributed by atoms with Gasteiger partial charge < -0.3 is 0 Å². The van der Waals surface area contributed by atoms with Crippen LogP contribution < -0.4 is 0 Å². The van der Waals surface area contributed by atoms with Gasteiger partial charge in [-0.05, 0) is 17.7 Å². The molecule has 0 N–H and O–H groups in total. The fourth-order valence-electron chi connectivity index (χ4n) is 1.48. The summed E-state index contributed by atoms with van der Waals surface area (Å²) in [6.07, 6.45) is 2.75. The summed E-state index contributed by atoms with van der Waals surface area (Å²) >= 11 is 3.23. The van der Waals surface area contributed by atoms with Crippen molar-refractivity contribution in [1.29, 1.82) is 0 Å². The quantitative estimate of drug-likeness (QED) is 0.762. The number of hydrogen-bond donors (Lipinski definition) is 0. The van der Waals surface area contributed by atoms with Gasteiger partial charge >= 0.3 is 0 Å². The number of nitrogens with zero attached hydrogens (tertiary/aromatic N) is 1. The Balaban J connectivity index is 2.55. The molecule has 0 aliphatic heterocycles. The van der Waals surface area contributed by atoms with Crippen LogP contribution in [-0.2, 0) is 5.33 Å². The number of benzene rings is 1. The van der Waals surface area contributed by atoms with E-state index in [1.165, 1.54) is 18.3 Å². The third kappa shape index (κ3) is 2.11. The Morgan fingerprint density at radius 2 is 1.75 bits per heavy atom. The van der Waals surface area contributed by atoms with Crippen molar-refractivity contribution in [3.05, 3.63) is 53.9 Å². The van der Waals surface area contributed by atoms with Crippen molar-refractivity contribution in [1.82, 2.24) is 4.98 Å². The van der Waals surface area contributed by atoms with Gasteiger partial charge in [0, 0.05) is 22.7 Å². The minimum absolute atomic E-state index is 0.312. The lowest BCUT2D eigenvalue weighted by molar-refractivity contribution is 0.612. The maximum absolute atomic E-state index is 13.4. The molecule has 16 heavy (non-hydrogen) atoms. The molecule has 0 bridgehead atoms. The normalized spacial score (nSPS) is 10.4. The molecule has 1 nitrogen and oxygen atoms in total. The van der Waals surface area contributed by atoms with E-state index in [1.807, 2.05) is 0 Å². The summed E-state index contributed by atoms with van der Waals surface area (Å²) in [5.41, 5.74) is 1.96. The van der Waals surface area contributed by atoms with Crippen molar-refractivity contribution < 1.29 is 8.78 Å². The van der Waals surface area contributed by atoms with Crippen molar-refractivity contribution >= 4 is 15.9 Å². The highest BCUT2D eigenvalue weighted by Crippen LogP contribution is 2.26. The van der Waals surface area contributed by atoms with Crippen LogP contribution in [0, 0.1) is 11.6 Å². The lowest BCUT2D eigenvalue weighted by Crippen LogP contribution is -1.93. The van der Waals surface area contributed by atoms with Gasteiger partial charge in [0.1, 0.15) is 11.6 Å². The van der Waals surface area contributed by atoms with Gasteiger partial charge in [-0.15, -0.1) is 0 Å². The molecular weight excluding hydrogens is 276 g/mol. The Hall–Kier alpha value is -1.29. The molecule has 0 aliphatic rings. The van der Waals surface area contributed by atoms with E-state index >= 15 is 0 Å². The van der Waals surface area contributed by atoms with Crippen LogP contribution in [0.15, 0.2) is 36.7 Å². The van der Waals surface area contributed by atoms with Gasteiger partial charge in [-0.25, -0.2) is 8.78 Å². The Morgan fingerprint density at radius 1 is 1.06 bits per heavy atom. The van der Waals surface area contributed by atoms with E-state index in [-0.39, 0.29) is 11.6 Å². The van der Waals surface area contributed by atoms with Gasteiger partial charge in [0.25, 0.3) is 0 Å². The van der Waals surface area contributed by atoms with Crippen LogP contribution in [0.5, 0.6) is 0 Å². The van der Waals surface area contributed by atoms with Crippen molar-refractivity contribution in [3.8, 4) is 11.1 Å². The Labute approximate surface area is 100 Å². The molecule has 2 aromatic rings. The average molecular weight is 284 g/mol.